The van der Waals surface area contributed by atoms with E-state index in [9.17, 15) is 4.79 Å². The highest BCUT2D eigenvalue weighted by atomic mass is 79.9. The summed E-state index contributed by atoms with van der Waals surface area (Å²) in [7, 11) is 0. The number of hydrogen-bond acceptors (Lipinski definition) is 2. The Morgan fingerprint density at radius 1 is 1.53 bits per heavy atom. The van der Waals surface area contributed by atoms with Gasteiger partial charge in [-0.1, -0.05) is 28.9 Å². The number of hydrogen-bond donors (Lipinski definition) is 1. The maximum atomic E-state index is 12.4. The van der Waals surface area contributed by atoms with E-state index < -0.39 is 0 Å². The Morgan fingerprint density at radius 3 is 3.00 bits per heavy atom. The van der Waals surface area contributed by atoms with Crippen molar-refractivity contribution in [3.63, 3.8) is 0 Å². The second kappa shape index (κ2) is 5.74. The number of carbonyl (C=O) groups excluding carboxylic acids is 1. The van der Waals surface area contributed by atoms with Gasteiger partial charge < -0.3 is 5.32 Å². The van der Waals surface area contributed by atoms with Crippen LogP contribution in [0.25, 0.3) is 5.52 Å². The van der Waals surface area contributed by atoms with Gasteiger partial charge in [-0.2, -0.15) is 5.10 Å². The number of halogens is 1. The molecule has 1 amide bonds. The van der Waals surface area contributed by atoms with E-state index in [-0.39, 0.29) is 11.4 Å². The fourth-order valence-electron chi connectivity index (χ4n) is 1.99. The smallest absolute Gasteiger partial charge is 0.255 e. The Morgan fingerprint density at radius 2 is 2.32 bits per heavy atom. The summed E-state index contributed by atoms with van der Waals surface area (Å²) in [6.45, 7) is 4.15. The maximum Gasteiger partial charge on any atom is 0.255 e. The molecule has 0 bridgehead atoms. The van der Waals surface area contributed by atoms with Gasteiger partial charge in [-0.3, -0.25) is 4.79 Å². The number of carbonyl (C=O) groups is 1. The molecule has 102 valence electrons. The molecule has 0 radical (unpaired) electrons. The minimum absolute atomic E-state index is 0.0634. The third-order valence-electron chi connectivity index (χ3n) is 3.51. The average molecular weight is 324 g/mol. The summed E-state index contributed by atoms with van der Waals surface area (Å²) in [6, 6.07) is 5.70. The van der Waals surface area contributed by atoms with Crippen LogP contribution in [0.2, 0.25) is 0 Å². The van der Waals surface area contributed by atoms with Gasteiger partial charge in [0, 0.05) is 17.1 Å². The van der Waals surface area contributed by atoms with Crippen LogP contribution in [-0.2, 0) is 0 Å². The van der Waals surface area contributed by atoms with Crippen LogP contribution < -0.4 is 5.32 Å². The Hall–Kier alpha value is -1.36. The Balaban J connectivity index is 2.24. The quantitative estimate of drug-likeness (QED) is 0.860. The summed E-state index contributed by atoms with van der Waals surface area (Å²) in [5, 5.41) is 8.17. The number of fused-ring (bicyclic) bond motifs is 1. The van der Waals surface area contributed by atoms with Crippen LogP contribution in [0.3, 0.4) is 0 Å². The average Bonchev–Trinajstić information content (AvgIpc) is 2.83. The molecule has 2 aromatic rings. The molecule has 0 spiro atoms. The summed E-state index contributed by atoms with van der Waals surface area (Å²) >= 11 is 3.44. The van der Waals surface area contributed by atoms with E-state index in [4.69, 9.17) is 0 Å². The highest BCUT2D eigenvalue weighted by Crippen LogP contribution is 2.18. The van der Waals surface area contributed by atoms with E-state index in [2.05, 4.69) is 40.2 Å². The molecular weight excluding hydrogens is 306 g/mol. The highest BCUT2D eigenvalue weighted by Gasteiger charge is 2.25. The number of nitrogens with one attached hydrogen (secondary N) is 1. The van der Waals surface area contributed by atoms with Gasteiger partial charge in [0.15, 0.2) is 0 Å². The molecule has 0 saturated carbocycles. The lowest BCUT2D eigenvalue weighted by Crippen LogP contribution is -2.45. The molecule has 19 heavy (non-hydrogen) atoms. The molecule has 2 heterocycles. The van der Waals surface area contributed by atoms with Gasteiger partial charge in [0.25, 0.3) is 5.91 Å². The fraction of sp³-hybridized carbons (Fsp3) is 0.429. The van der Waals surface area contributed by atoms with Crippen LogP contribution in [0.15, 0.2) is 30.6 Å². The number of aromatic nitrogens is 2. The summed E-state index contributed by atoms with van der Waals surface area (Å²) in [5.74, 6) is -0.0634. The minimum Gasteiger partial charge on any atom is -0.347 e. The molecule has 1 unspecified atom stereocenters. The fourth-order valence-corrected chi connectivity index (χ4v) is 2.86. The van der Waals surface area contributed by atoms with Gasteiger partial charge in [-0.25, -0.2) is 4.52 Å². The summed E-state index contributed by atoms with van der Waals surface area (Å²) in [4.78, 5) is 12.4. The first-order valence-corrected chi connectivity index (χ1v) is 7.52. The maximum absolute atomic E-state index is 12.4. The summed E-state index contributed by atoms with van der Waals surface area (Å²) in [5.41, 5.74) is 1.26. The monoisotopic (exact) mass is 323 g/mol. The van der Waals surface area contributed by atoms with Crippen LogP contribution in [0.1, 0.15) is 37.0 Å². The van der Waals surface area contributed by atoms with Crippen molar-refractivity contribution in [1.82, 2.24) is 14.9 Å². The third kappa shape index (κ3) is 2.97. The van der Waals surface area contributed by atoms with Crippen LogP contribution >= 0.6 is 15.9 Å². The molecule has 2 rings (SSSR count). The second-order valence-electron chi connectivity index (χ2n) is 4.90. The predicted molar refractivity (Wildman–Crippen MR) is 79.8 cm³/mol. The van der Waals surface area contributed by atoms with Gasteiger partial charge in [0.1, 0.15) is 0 Å². The van der Waals surface area contributed by atoms with Crippen LogP contribution in [0.4, 0.5) is 0 Å². The van der Waals surface area contributed by atoms with Crippen LogP contribution in [0.5, 0.6) is 0 Å². The Bertz CT molecular complexity index is 581. The van der Waals surface area contributed by atoms with Crippen LogP contribution in [0, 0.1) is 0 Å². The number of amides is 1. The normalized spacial score (nSPS) is 14.3. The molecule has 0 fully saturated rings. The first-order valence-electron chi connectivity index (χ1n) is 6.40. The van der Waals surface area contributed by atoms with E-state index in [0.717, 1.165) is 23.7 Å². The topological polar surface area (TPSA) is 46.4 Å². The molecular formula is C14H18BrN3O. The molecule has 2 aromatic heterocycles. The molecule has 0 saturated heterocycles. The zero-order valence-electron chi connectivity index (χ0n) is 11.2. The lowest BCUT2D eigenvalue weighted by molar-refractivity contribution is 0.0903. The number of pyridine rings is 1. The lowest BCUT2D eigenvalue weighted by Gasteiger charge is -2.28. The third-order valence-corrected chi connectivity index (χ3v) is 3.91. The van der Waals surface area contributed by atoms with Gasteiger partial charge in [0.2, 0.25) is 0 Å². The molecule has 0 aliphatic heterocycles. The van der Waals surface area contributed by atoms with Gasteiger partial charge in [-0.15, -0.1) is 0 Å². The van der Waals surface area contributed by atoms with Crippen molar-refractivity contribution in [2.75, 3.05) is 5.33 Å². The first kappa shape index (κ1) is 14.1. The number of nitrogens with zero attached hydrogens (tertiary/aromatic N) is 2. The summed E-state index contributed by atoms with van der Waals surface area (Å²) < 4.78 is 1.71. The molecule has 1 N–H and O–H groups in total. The van der Waals surface area contributed by atoms with Crippen molar-refractivity contribution in [1.29, 1.82) is 0 Å². The van der Waals surface area contributed by atoms with Crippen molar-refractivity contribution in [2.45, 2.75) is 32.2 Å². The first-order chi connectivity index (χ1) is 9.09. The standard InChI is InChI=1S/C14H18BrN3O/c1-3-14(2,7-8-15)17-13(19)11-10-16-18-9-5-4-6-12(11)18/h4-6,9-10H,3,7-8H2,1-2H3,(H,17,19). The van der Waals surface area contributed by atoms with E-state index in [1.54, 1.807) is 10.7 Å². The van der Waals surface area contributed by atoms with Gasteiger partial charge in [0.05, 0.1) is 17.3 Å². The molecule has 0 aliphatic carbocycles. The number of rotatable bonds is 5. The molecule has 5 heteroatoms. The van der Waals surface area contributed by atoms with Crippen molar-refractivity contribution in [3.8, 4) is 0 Å². The largest absolute Gasteiger partial charge is 0.347 e. The van der Waals surface area contributed by atoms with Crippen molar-refractivity contribution in [3.05, 3.63) is 36.2 Å². The van der Waals surface area contributed by atoms with Crippen molar-refractivity contribution in [2.24, 2.45) is 0 Å². The van der Waals surface area contributed by atoms with Crippen LogP contribution in [-0.4, -0.2) is 26.4 Å². The lowest BCUT2D eigenvalue weighted by atomic mass is 9.95. The Kier molecular flexibility index (Phi) is 4.24. The van der Waals surface area contributed by atoms with E-state index in [0.29, 0.717) is 5.56 Å². The van der Waals surface area contributed by atoms with E-state index in [1.165, 1.54) is 0 Å². The van der Waals surface area contributed by atoms with Crippen molar-refractivity contribution >= 4 is 27.4 Å². The molecule has 0 aliphatic rings. The number of alkyl halides is 1. The van der Waals surface area contributed by atoms with E-state index >= 15 is 0 Å². The Labute approximate surface area is 121 Å². The predicted octanol–water partition coefficient (Wildman–Crippen LogP) is 3.02. The summed E-state index contributed by atoms with van der Waals surface area (Å²) in [6.07, 6.45) is 5.25. The van der Waals surface area contributed by atoms with Gasteiger partial charge >= 0.3 is 0 Å². The molecule has 1 atom stereocenters. The zero-order chi connectivity index (χ0) is 13.9. The van der Waals surface area contributed by atoms with E-state index in [1.807, 2.05) is 24.4 Å². The second-order valence-corrected chi connectivity index (χ2v) is 5.69. The molecule has 0 aromatic carbocycles. The SMILES string of the molecule is CCC(C)(CCBr)NC(=O)c1cnn2ccccc12. The highest BCUT2D eigenvalue weighted by molar-refractivity contribution is 9.09. The molecule has 4 nitrogen and oxygen atoms in total. The van der Waals surface area contributed by atoms with Gasteiger partial charge in [-0.05, 0) is 31.9 Å². The minimum atomic E-state index is -0.191. The van der Waals surface area contributed by atoms with Crippen molar-refractivity contribution < 1.29 is 4.79 Å². The zero-order valence-corrected chi connectivity index (χ0v) is 12.8.